The lowest BCUT2D eigenvalue weighted by molar-refractivity contribution is -0.125. The Labute approximate surface area is 135 Å². The van der Waals surface area contributed by atoms with Gasteiger partial charge in [-0.25, -0.2) is 4.99 Å². The van der Waals surface area contributed by atoms with Gasteiger partial charge in [0, 0.05) is 19.3 Å². The molecular formula is C12H16IN5OS. The maximum atomic E-state index is 12.6. The Bertz CT molecular complexity index is 534. The number of halogens is 1. The maximum Gasteiger partial charge on any atom is 0.259 e. The minimum absolute atomic E-state index is 0.178. The highest BCUT2D eigenvalue weighted by Gasteiger charge is 2.28. The van der Waals surface area contributed by atoms with E-state index in [4.69, 9.17) is 11.1 Å². The quantitative estimate of drug-likeness (QED) is 0.280. The summed E-state index contributed by atoms with van der Waals surface area (Å²) >= 11 is 3.54. The molecule has 2 heterocycles. The Morgan fingerprint density at radius 2 is 2.20 bits per heavy atom. The molecule has 0 saturated carbocycles. The van der Waals surface area contributed by atoms with E-state index in [2.05, 4.69) is 32.9 Å². The van der Waals surface area contributed by atoms with E-state index in [1.54, 1.807) is 11.1 Å². The molecule has 2 aliphatic heterocycles. The first-order chi connectivity index (χ1) is 9.54. The van der Waals surface area contributed by atoms with Crippen LogP contribution in [0.3, 0.4) is 0 Å². The first-order valence-corrected chi connectivity index (χ1v) is 8.47. The van der Waals surface area contributed by atoms with Crippen molar-refractivity contribution in [3.63, 3.8) is 0 Å². The van der Waals surface area contributed by atoms with Gasteiger partial charge in [0.25, 0.3) is 5.91 Å². The molecule has 6 nitrogen and oxygen atoms in total. The van der Waals surface area contributed by atoms with Crippen LogP contribution < -0.4 is 11.1 Å². The molecule has 0 aromatic rings. The summed E-state index contributed by atoms with van der Waals surface area (Å²) in [6, 6.07) is 0. The zero-order valence-corrected chi connectivity index (χ0v) is 14.0. The van der Waals surface area contributed by atoms with Crippen molar-refractivity contribution in [3.05, 3.63) is 21.0 Å². The molecule has 0 spiro atoms. The summed E-state index contributed by atoms with van der Waals surface area (Å²) in [6.45, 7) is 1.46. The van der Waals surface area contributed by atoms with Crippen LogP contribution in [0.5, 0.6) is 0 Å². The standard InChI is InChI=1S/C12H16IN5OS/c1-20-12-16-6-7(13)9(17-12)8(10(14)15)11(19)18-4-2-3-5-18/h6H,2-5H2,1H3,(H3,14,15)(H,16,17)/b9-8-. The highest BCUT2D eigenvalue weighted by Crippen LogP contribution is 2.25. The minimum Gasteiger partial charge on any atom is -0.383 e. The summed E-state index contributed by atoms with van der Waals surface area (Å²) in [7, 11) is 0. The van der Waals surface area contributed by atoms with Crippen molar-refractivity contribution in [1.82, 2.24) is 10.2 Å². The number of nitrogens with two attached hydrogens (primary N) is 1. The summed E-state index contributed by atoms with van der Waals surface area (Å²) in [4.78, 5) is 18.5. The fraction of sp³-hybridized carbons (Fsp3) is 0.417. The molecule has 2 rings (SSSR count). The van der Waals surface area contributed by atoms with Gasteiger partial charge in [0.05, 0.1) is 9.28 Å². The number of allylic oxidation sites excluding steroid dienone is 1. The molecule has 0 bridgehead atoms. The number of aliphatic imine (C=N–C) groups is 1. The van der Waals surface area contributed by atoms with Crippen molar-refractivity contribution in [1.29, 1.82) is 5.41 Å². The Hall–Kier alpha value is -1.03. The molecule has 108 valence electrons. The van der Waals surface area contributed by atoms with E-state index in [0.717, 1.165) is 29.5 Å². The summed E-state index contributed by atoms with van der Waals surface area (Å²) in [5.41, 5.74) is 6.45. The molecular weight excluding hydrogens is 389 g/mol. The van der Waals surface area contributed by atoms with Gasteiger partial charge in [-0.05, 0) is 41.7 Å². The first-order valence-electron chi connectivity index (χ1n) is 6.17. The number of thioether (sulfide) groups is 1. The number of amidine groups is 2. The Balaban J connectivity index is 2.39. The van der Waals surface area contributed by atoms with E-state index in [-0.39, 0.29) is 17.3 Å². The highest BCUT2D eigenvalue weighted by atomic mass is 127. The van der Waals surface area contributed by atoms with Crippen LogP contribution in [0.1, 0.15) is 12.8 Å². The molecule has 4 N–H and O–H groups in total. The lowest BCUT2D eigenvalue weighted by Gasteiger charge is -2.22. The summed E-state index contributed by atoms with van der Waals surface area (Å²) in [5.74, 6) is -0.392. The van der Waals surface area contributed by atoms with E-state index in [9.17, 15) is 4.79 Å². The zero-order valence-electron chi connectivity index (χ0n) is 11.1. The third-order valence-corrected chi connectivity index (χ3v) is 4.50. The normalized spacial score (nSPS) is 21.0. The zero-order chi connectivity index (χ0) is 14.7. The van der Waals surface area contributed by atoms with Gasteiger partial charge in [-0.15, -0.1) is 0 Å². The number of carbonyl (C=O) groups excluding carboxylic acids is 1. The van der Waals surface area contributed by atoms with Crippen LogP contribution in [-0.4, -0.2) is 41.2 Å². The molecule has 8 heteroatoms. The number of amides is 1. The Morgan fingerprint density at radius 3 is 2.75 bits per heavy atom. The number of rotatable bonds is 2. The van der Waals surface area contributed by atoms with E-state index < -0.39 is 0 Å². The van der Waals surface area contributed by atoms with Gasteiger partial charge in [-0.3, -0.25) is 10.2 Å². The second kappa shape index (κ2) is 6.61. The van der Waals surface area contributed by atoms with Gasteiger partial charge >= 0.3 is 0 Å². The van der Waals surface area contributed by atoms with E-state index in [1.165, 1.54) is 11.8 Å². The second-order valence-corrected chi connectivity index (χ2v) is 6.36. The van der Waals surface area contributed by atoms with Gasteiger partial charge in [-0.2, -0.15) is 0 Å². The number of nitrogens with zero attached hydrogens (tertiary/aromatic N) is 2. The number of nitrogens with one attached hydrogen (secondary N) is 2. The molecule has 0 aliphatic carbocycles. The van der Waals surface area contributed by atoms with E-state index in [1.807, 2.05) is 6.26 Å². The monoisotopic (exact) mass is 405 g/mol. The molecule has 0 radical (unpaired) electrons. The number of carbonyl (C=O) groups is 1. The van der Waals surface area contributed by atoms with Crippen LogP contribution in [-0.2, 0) is 4.79 Å². The molecule has 2 aliphatic rings. The lowest BCUT2D eigenvalue weighted by Crippen LogP contribution is -2.38. The third-order valence-electron chi connectivity index (χ3n) is 3.09. The molecule has 20 heavy (non-hydrogen) atoms. The predicted molar refractivity (Wildman–Crippen MR) is 90.9 cm³/mol. The average Bonchev–Trinajstić information content (AvgIpc) is 2.94. The number of hydrogen-bond donors (Lipinski definition) is 3. The number of likely N-dealkylation sites (tertiary alicyclic amines) is 1. The van der Waals surface area contributed by atoms with Gasteiger partial charge in [0.2, 0.25) is 0 Å². The predicted octanol–water partition coefficient (Wildman–Crippen LogP) is 1.40. The lowest BCUT2D eigenvalue weighted by atomic mass is 10.1. The summed E-state index contributed by atoms with van der Waals surface area (Å²) in [6.07, 6.45) is 5.58. The largest absolute Gasteiger partial charge is 0.383 e. The van der Waals surface area contributed by atoms with Gasteiger partial charge in [0.15, 0.2) is 5.17 Å². The molecule has 1 fully saturated rings. The molecule has 0 atom stereocenters. The van der Waals surface area contributed by atoms with Crippen LogP contribution in [0.4, 0.5) is 0 Å². The van der Waals surface area contributed by atoms with Crippen molar-refractivity contribution in [2.24, 2.45) is 10.7 Å². The van der Waals surface area contributed by atoms with Crippen molar-refractivity contribution in [3.8, 4) is 0 Å². The fourth-order valence-corrected chi connectivity index (χ4v) is 3.01. The van der Waals surface area contributed by atoms with Crippen molar-refractivity contribution < 1.29 is 4.79 Å². The highest BCUT2D eigenvalue weighted by molar-refractivity contribution is 14.1. The van der Waals surface area contributed by atoms with Crippen LogP contribution in [0.2, 0.25) is 0 Å². The van der Waals surface area contributed by atoms with Crippen LogP contribution in [0.25, 0.3) is 0 Å². The van der Waals surface area contributed by atoms with Crippen molar-refractivity contribution in [2.45, 2.75) is 12.8 Å². The maximum absolute atomic E-state index is 12.6. The summed E-state index contributed by atoms with van der Waals surface area (Å²) in [5, 5.41) is 11.5. The third kappa shape index (κ3) is 3.17. The van der Waals surface area contributed by atoms with Gasteiger partial charge < -0.3 is 16.0 Å². The fourth-order valence-electron chi connectivity index (χ4n) is 2.10. The second-order valence-electron chi connectivity index (χ2n) is 4.40. The molecule has 1 saturated heterocycles. The van der Waals surface area contributed by atoms with Crippen LogP contribution >= 0.6 is 34.4 Å². The minimum atomic E-state index is -0.214. The van der Waals surface area contributed by atoms with Crippen LogP contribution in [0, 0.1) is 5.41 Å². The molecule has 0 unspecified atom stereocenters. The first kappa shape index (κ1) is 15.4. The topological polar surface area (TPSA) is 94.6 Å². The van der Waals surface area contributed by atoms with E-state index >= 15 is 0 Å². The molecule has 0 aromatic carbocycles. The van der Waals surface area contributed by atoms with Crippen LogP contribution in [0.15, 0.2) is 26.0 Å². The SMILES string of the molecule is CSC1=NC=C(I)/C(=C(\C(=N)N)C(=O)N2CCCC2)N1. The average molecular weight is 405 g/mol. The Kier molecular flexibility index (Phi) is 5.08. The van der Waals surface area contributed by atoms with Gasteiger partial charge in [0.1, 0.15) is 11.4 Å². The molecule has 1 amide bonds. The van der Waals surface area contributed by atoms with Crippen molar-refractivity contribution in [2.75, 3.05) is 19.3 Å². The smallest absolute Gasteiger partial charge is 0.259 e. The van der Waals surface area contributed by atoms with Gasteiger partial charge in [-0.1, -0.05) is 11.8 Å². The number of hydrogen-bond acceptors (Lipinski definition) is 5. The van der Waals surface area contributed by atoms with Crippen molar-refractivity contribution >= 4 is 51.3 Å². The summed E-state index contributed by atoms with van der Waals surface area (Å²) < 4.78 is 0.776. The van der Waals surface area contributed by atoms with E-state index in [0.29, 0.717) is 10.9 Å². The Morgan fingerprint density at radius 1 is 1.55 bits per heavy atom. The molecule has 0 aromatic heterocycles.